The van der Waals surface area contributed by atoms with Gasteiger partial charge in [-0.15, -0.1) is 0 Å². The molecule has 0 rings (SSSR count). The number of hydrogen-bond acceptors (Lipinski definition) is 1. The molecule has 0 aliphatic heterocycles. The van der Waals surface area contributed by atoms with Gasteiger partial charge in [-0.05, 0) is 19.6 Å². The molecule has 0 aliphatic carbocycles. The molecule has 0 saturated heterocycles. The zero-order valence-corrected chi connectivity index (χ0v) is 8.66. The number of rotatable bonds is 3. The van der Waals surface area contributed by atoms with E-state index >= 15 is 0 Å². The third-order valence-electron chi connectivity index (χ3n) is 1.34. The van der Waals surface area contributed by atoms with Gasteiger partial charge in [0.1, 0.15) is 0 Å². The molecule has 51 valence electrons. The van der Waals surface area contributed by atoms with Crippen molar-refractivity contribution in [3.8, 4) is 0 Å². The summed E-state index contributed by atoms with van der Waals surface area (Å²) < 4.78 is 0. The van der Waals surface area contributed by atoms with Crippen molar-refractivity contribution in [2.24, 2.45) is 0 Å². The Hall–Kier alpha value is 0.622. The molecule has 1 nitrogen and oxygen atoms in total. The molecule has 0 aliphatic rings. The fourth-order valence-electron chi connectivity index (χ4n) is 0.671. The van der Waals surface area contributed by atoms with E-state index in [2.05, 4.69) is 25.7 Å². The van der Waals surface area contributed by atoms with Gasteiger partial charge in [0, 0.05) is 20.4 Å². The third kappa shape index (κ3) is 4.77. The molecular weight excluding hydrogens is 272 g/mol. The summed E-state index contributed by atoms with van der Waals surface area (Å²) in [6.07, 6.45) is 0. The first-order chi connectivity index (χ1) is 3.35. The summed E-state index contributed by atoms with van der Waals surface area (Å²) in [5, 5.41) is 0. The average Bonchev–Trinajstić information content (AvgIpc) is 1.72. The molecule has 1 radical (unpaired) electrons. The van der Waals surface area contributed by atoms with Crippen molar-refractivity contribution in [3.05, 3.63) is 0 Å². The van der Waals surface area contributed by atoms with E-state index in [1.165, 1.54) is 19.6 Å². The maximum absolute atomic E-state index is 2.38. The van der Waals surface area contributed by atoms with Gasteiger partial charge in [0.05, 0.1) is 0 Å². The molecule has 2 heteroatoms. The maximum Gasteiger partial charge on any atom is 0 e. The average molecular weight is 287 g/mol. The molecule has 0 unspecified atom stereocenters. The standard InChI is InChI=1S/C6H15N.Re/c1-4-7(5-2)6-3;/h4-6H2,1-3H3;. The Morgan fingerprint density at radius 2 is 1.12 bits per heavy atom. The van der Waals surface area contributed by atoms with E-state index in [1.807, 2.05) is 0 Å². The first kappa shape index (κ1) is 11.4. The van der Waals surface area contributed by atoms with E-state index < -0.39 is 0 Å². The van der Waals surface area contributed by atoms with Crippen LogP contribution in [-0.4, -0.2) is 24.5 Å². The van der Waals surface area contributed by atoms with Crippen molar-refractivity contribution in [2.45, 2.75) is 20.8 Å². The van der Waals surface area contributed by atoms with Gasteiger partial charge in [0.25, 0.3) is 0 Å². The van der Waals surface area contributed by atoms with Crippen molar-refractivity contribution in [1.29, 1.82) is 0 Å². The molecule has 8 heavy (non-hydrogen) atoms. The molecule has 0 spiro atoms. The molecule has 0 aromatic heterocycles. The molecule has 0 aromatic carbocycles. The molecular formula is C6H15NRe. The summed E-state index contributed by atoms with van der Waals surface area (Å²) >= 11 is 0. The van der Waals surface area contributed by atoms with Gasteiger partial charge >= 0.3 is 0 Å². The smallest absolute Gasteiger partial charge is 0 e. The minimum Gasteiger partial charge on any atom is -0.304 e. The van der Waals surface area contributed by atoms with Gasteiger partial charge in [-0.1, -0.05) is 20.8 Å². The summed E-state index contributed by atoms with van der Waals surface area (Å²) in [5.41, 5.74) is 0. The fourth-order valence-corrected chi connectivity index (χ4v) is 0.671. The summed E-state index contributed by atoms with van der Waals surface area (Å²) in [7, 11) is 0. The maximum atomic E-state index is 2.38. The van der Waals surface area contributed by atoms with E-state index in [-0.39, 0.29) is 20.4 Å². The van der Waals surface area contributed by atoms with Crippen molar-refractivity contribution < 1.29 is 20.4 Å². The SMILES string of the molecule is CCN(CC)CC.[Re]. The molecule has 0 bridgehead atoms. The van der Waals surface area contributed by atoms with E-state index in [0.717, 1.165) is 0 Å². The van der Waals surface area contributed by atoms with E-state index in [4.69, 9.17) is 0 Å². The quantitative estimate of drug-likeness (QED) is 0.757. The van der Waals surface area contributed by atoms with E-state index in [9.17, 15) is 0 Å². The Labute approximate surface area is 66.1 Å². The van der Waals surface area contributed by atoms with Crippen LogP contribution in [0.2, 0.25) is 0 Å². The normalized spacial score (nSPS) is 9.00. The van der Waals surface area contributed by atoms with Crippen LogP contribution in [0.4, 0.5) is 0 Å². The Kier molecular flexibility index (Phi) is 10.9. The predicted molar refractivity (Wildman–Crippen MR) is 33.5 cm³/mol. The number of hydrogen-bond donors (Lipinski definition) is 0. The van der Waals surface area contributed by atoms with Crippen LogP contribution < -0.4 is 0 Å². The second-order valence-corrected chi connectivity index (χ2v) is 1.62. The van der Waals surface area contributed by atoms with Crippen LogP contribution in [0.1, 0.15) is 20.8 Å². The first-order valence-electron chi connectivity index (χ1n) is 3.07. The Balaban J connectivity index is 0. The van der Waals surface area contributed by atoms with Gasteiger partial charge in [-0.2, -0.15) is 0 Å². The van der Waals surface area contributed by atoms with Crippen LogP contribution in [0.25, 0.3) is 0 Å². The van der Waals surface area contributed by atoms with Crippen LogP contribution in [0.3, 0.4) is 0 Å². The zero-order valence-electron chi connectivity index (χ0n) is 5.95. The second-order valence-electron chi connectivity index (χ2n) is 1.62. The van der Waals surface area contributed by atoms with Crippen LogP contribution in [0, 0.1) is 0 Å². The summed E-state index contributed by atoms with van der Waals surface area (Å²) in [4.78, 5) is 2.38. The van der Waals surface area contributed by atoms with Crippen LogP contribution >= 0.6 is 0 Å². The Morgan fingerprint density at radius 3 is 1.12 bits per heavy atom. The molecule has 0 atom stereocenters. The molecule has 0 N–H and O–H groups in total. The Bertz CT molecular complexity index is 30.0. The minimum absolute atomic E-state index is 0. The van der Waals surface area contributed by atoms with Crippen LogP contribution in [-0.2, 0) is 20.4 Å². The third-order valence-corrected chi connectivity index (χ3v) is 1.34. The second kappa shape index (κ2) is 7.62. The predicted octanol–water partition coefficient (Wildman–Crippen LogP) is 1.35. The van der Waals surface area contributed by atoms with Gasteiger partial charge in [-0.3, -0.25) is 0 Å². The number of nitrogens with zero attached hydrogens (tertiary/aromatic N) is 1. The largest absolute Gasteiger partial charge is 0.304 e. The summed E-state index contributed by atoms with van der Waals surface area (Å²) in [6, 6.07) is 0. The van der Waals surface area contributed by atoms with Crippen LogP contribution in [0.15, 0.2) is 0 Å². The zero-order chi connectivity index (χ0) is 5.70. The van der Waals surface area contributed by atoms with Crippen molar-refractivity contribution >= 4 is 0 Å². The first-order valence-corrected chi connectivity index (χ1v) is 3.07. The van der Waals surface area contributed by atoms with Gasteiger partial charge in [0.2, 0.25) is 0 Å². The molecule has 0 fully saturated rings. The summed E-state index contributed by atoms with van der Waals surface area (Å²) in [5.74, 6) is 0. The van der Waals surface area contributed by atoms with E-state index in [1.54, 1.807) is 0 Å². The molecule has 0 amide bonds. The van der Waals surface area contributed by atoms with Crippen LogP contribution in [0.5, 0.6) is 0 Å². The minimum atomic E-state index is 0. The van der Waals surface area contributed by atoms with Gasteiger partial charge < -0.3 is 4.90 Å². The van der Waals surface area contributed by atoms with Crippen molar-refractivity contribution in [3.63, 3.8) is 0 Å². The van der Waals surface area contributed by atoms with Gasteiger partial charge in [0.15, 0.2) is 0 Å². The van der Waals surface area contributed by atoms with Crippen molar-refractivity contribution in [1.82, 2.24) is 4.90 Å². The monoisotopic (exact) mass is 288 g/mol. The summed E-state index contributed by atoms with van der Waals surface area (Å²) in [6.45, 7) is 10.1. The molecule has 0 aromatic rings. The Morgan fingerprint density at radius 1 is 0.875 bits per heavy atom. The van der Waals surface area contributed by atoms with Crippen molar-refractivity contribution in [2.75, 3.05) is 19.6 Å². The van der Waals surface area contributed by atoms with Gasteiger partial charge in [-0.25, -0.2) is 0 Å². The molecule has 0 saturated carbocycles. The topological polar surface area (TPSA) is 3.24 Å². The fraction of sp³-hybridized carbons (Fsp3) is 1.00. The van der Waals surface area contributed by atoms with E-state index in [0.29, 0.717) is 0 Å². The molecule has 0 heterocycles.